The number of hydrogen-bond donors (Lipinski definition) is 0. The molecule has 0 spiro atoms. The fraction of sp³-hybridized carbons (Fsp3) is 0.200. The molecule has 0 bridgehead atoms. The molecule has 2 aromatic rings. The molecule has 5 heteroatoms. The van der Waals surface area contributed by atoms with Crippen molar-refractivity contribution in [3.8, 4) is 0 Å². The van der Waals surface area contributed by atoms with Crippen LogP contribution in [0.3, 0.4) is 0 Å². The number of ether oxygens (including phenoxy) is 1. The Hall–Kier alpha value is -2.40. The first-order valence-electron chi connectivity index (χ1n) is 6.01. The van der Waals surface area contributed by atoms with Gasteiger partial charge in [-0.15, -0.1) is 0 Å². The first-order chi connectivity index (χ1) is 9.56. The molecule has 5 nitrogen and oxygen atoms in total. The Morgan fingerprint density at radius 1 is 0.950 bits per heavy atom. The highest BCUT2D eigenvalue weighted by molar-refractivity contribution is 6.00. The lowest BCUT2D eigenvalue weighted by Gasteiger charge is -2.14. The third kappa shape index (κ3) is 2.62. The SMILES string of the molecule is COC(=O)c1ccc2ccc(C(=O)N(C)OC)cc2c1. The summed E-state index contributed by atoms with van der Waals surface area (Å²) >= 11 is 0. The Morgan fingerprint density at radius 3 is 2.15 bits per heavy atom. The van der Waals surface area contributed by atoms with E-state index in [0.29, 0.717) is 11.1 Å². The lowest BCUT2D eigenvalue weighted by molar-refractivity contribution is -0.0756. The highest BCUT2D eigenvalue weighted by atomic mass is 16.7. The molecule has 2 rings (SSSR count). The van der Waals surface area contributed by atoms with Crippen LogP contribution in [0.4, 0.5) is 0 Å². The van der Waals surface area contributed by atoms with Gasteiger partial charge in [-0.25, -0.2) is 9.86 Å². The third-order valence-electron chi connectivity index (χ3n) is 3.07. The van der Waals surface area contributed by atoms with Gasteiger partial charge in [0.05, 0.1) is 19.8 Å². The van der Waals surface area contributed by atoms with Crippen LogP contribution >= 0.6 is 0 Å². The van der Waals surface area contributed by atoms with Gasteiger partial charge in [0, 0.05) is 12.6 Å². The molecule has 0 saturated heterocycles. The molecule has 0 aliphatic carbocycles. The second-order valence-corrected chi connectivity index (χ2v) is 4.25. The molecule has 0 unspecified atom stereocenters. The zero-order valence-corrected chi connectivity index (χ0v) is 11.5. The van der Waals surface area contributed by atoms with E-state index in [4.69, 9.17) is 4.84 Å². The lowest BCUT2D eigenvalue weighted by Crippen LogP contribution is -2.25. The Balaban J connectivity index is 2.46. The number of amides is 1. The Morgan fingerprint density at radius 2 is 1.55 bits per heavy atom. The summed E-state index contributed by atoms with van der Waals surface area (Å²) in [6.45, 7) is 0. The summed E-state index contributed by atoms with van der Waals surface area (Å²) in [7, 11) is 4.30. The quantitative estimate of drug-likeness (QED) is 0.636. The average molecular weight is 273 g/mol. The van der Waals surface area contributed by atoms with Crippen molar-refractivity contribution in [2.24, 2.45) is 0 Å². The number of nitrogens with zero attached hydrogens (tertiary/aromatic N) is 1. The smallest absolute Gasteiger partial charge is 0.337 e. The van der Waals surface area contributed by atoms with E-state index in [-0.39, 0.29) is 5.91 Å². The fourth-order valence-electron chi connectivity index (χ4n) is 1.89. The summed E-state index contributed by atoms with van der Waals surface area (Å²) in [5.74, 6) is -0.657. The lowest BCUT2D eigenvalue weighted by atomic mass is 10.0. The molecule has 104 valence electrons. The number of hydrogen-bond acceptors (Lipinski definition) is 4. The van der Waals surface area contributed by atoms with Gasteiger partial charge in [-0.2, -0.15) is 0 Å². The summed E-state index contributed by atoms with van der Waals surface area (Å²) < 4.78 is 4.68. The van der Waals surface area contributed by atoms with Gasteiger partial charge in [-0.3, -0.25) is 9.63 Å². The largest absolute Gasteiger partial charge is 0.465 e. The topological polar surface area (TPSA) is 55.8 Å². The number of esters is 1. The number of hydroxylamine groups is 2. The van der Waals surface area contributed by atoms with Crippen molar-refractivity contribution in [2.75, 3.05) is 21.3 Å². The van der Waals surface area contributed by atoms with Crippen molar-refractivity contribution in [2.45, 2.75) is 0 Å². The van der Waals surface area contributed by atoms with E-state index in [1.807, 2.05) is 12.1 Å². The molecule has 0 aliphatic rings. The van der Waals surface area contributed by atoms with E-state index in [2.05, 4.69) is 4.74 Å². The maximum atomic E-state index is 12.0. The van der Waals surface area contributed by atoms with Crippen molar-refractivity contribution in [3.05, 3.63) is 47.5 Å². The molecule has 20 heavy (non-hydrogen) atoms. The molecule has 0 saturated carbocycles. The average Bonchev–Trinajstić information content (AvgIpc) is 2.51. The predicted molar refractivity (Wildman–Crippen MR) is 74.4 cm³/mol. The summed E-state index contributed by atoms with van der Waals surface area (Å²) in [4.78, 5) is 28.4. The van der Waals surface area contributed by atoms with Crippen LogP contribution in [-0.4, -0.2) is 38.2 Å². The van der Waals surface area contributed by atoms with Gasteiger partial charge in [0.25, 0.3) is 5.91 Å². The monoisotopic (exact) mass is 273 g/mol. The first kappa shape index (κ1) is 14.0. The van der Waals surface area contributed by atoms with Gasteiger partial charge in [-0.05, 0) is 35.0 Å². The summed E-state index contributed by atoms with van der Waals surface area (Å²) in [6.07, 6.45) is 0. The number of carbonyl (C=O) groups is 2. The molecule has 0 radical (unpaired) electrons. The Kier molecular flexibility index (Phi) is 4.00. The molecule has 1 amide bonds. The van der Waals surface area contributed by atoms with Crippen molar-refractivity contribution < 1.29 is 19.2 Å². The highest BCUT2D eigenvalue weighted by Gasteiger charge is 2.12. The first-order valence-corrected chi connectivity index (χ1v) is 6.01. The van der Waals surface area contributed by atoms with E-state index in [1.54, 1.807) is 24.3 Å². The van der Waals surface area contributed by atoms with Gasteiger partial charge in [0.2, 0.25) is 0 Å². The second-order valence-electron chi connectivity index (χ2n) is 4.25. The van der Waals surface area contributed by atoms with Crippen molar-refractivity contribution >= 4 is 22.6 Å². The maximum absolute atomic E-state index is 12.0. The van der Waals surface area contributed by atoms with Crippen molar-refractivity contribution in [3.63, 3.8) is 0 Å². The summed E-state index contributed by atoms with van der Waals surface area (Å²) in [5, 5.41) is 2.88. The molecule has 0 aromatic heterocycles. The van der Waals surface area contributed by atoms with Crippen LogP contribution in [0.1, 0.15) is 20.7 Å². The normalized spacial score (nSPS) is 10.3. The van der Waals surface area contributed by atoms with E-state index >= 15 is 0 Å². The van der Waals surface area contributed by atoms with E-state index in [0.717, 1.165) is 15.8 Å². The standard InChI is InChI=1S/C15H15NO4/c1-16(20-3)14(17)11-6-4-10-5-7-12(15(18)19-2)9-13(10)8-11/h4-9H,1-3H3. The van der Waals surface area contributed by atoms with Crippen LogP contribution in [-0.2, 0) is 9.57 Å². The van der Waals surface area contributed by atoms with Gasteiger partial charge in [0.15, 0.2) is 0 Å². The second kappa shape index (κ2) is 5.71. The maximum Gasteiger partial charge on any atom is 0.337 e. The number of rotatable bonds is 3. The third-order valence-corrected chi connectivity index (χ3v) is 3.07. The fourth-order valence-corrected chi connectivity index (χ4v) is 1.89. The van der Waals surface area contributed by atoms with Crippen molar-refractivity contribution in [1.29, 1.82) is 0 Å². The Labute approximate surface area is 116 Å². The van der Waals surface area contributed by atoms with Crippen LogP contribution in [0.25, 0.3) is 10.8 Å². The molecule has 0 aliphatic heterocycles. The van der Waals surface area contributed by atoms with Gasteiger partial charge in [0.1, 0.15) is 0 Å². The predicted octanol–water partition coefficient (Wildman–Crippen LogP) is 2.26. The highest BCUT2D eigenvalue weighted by Crippen LogP contribution is 2.19. The Bertz CT molecular complexity index is 666. The molecular formula is C15H15NO4. The minimum Gasteiger partial charge on any atom is -0.465 e. The zero-order chi connectivity index (χ0) is 14.7. The zero-order valence-electron chi connectivity index (χ0n) is 11.5. The molecule has 0 heterocycles. The van der Waals surface area contributed by atoms with Gasteiger partial charge >= 0.3 is 5.97 Å². The van der Waals surface area contributed by atoms with Gasteiger partial charge < -0.3 is 4.74 Å². The molecule has 2 aromatic carbocycles. The van der Waals surface area contributed by atoms with Crippen LogP contribution in [0, 0.1) is 0 Å². The number of benzene rings is 2. The van der Waals surface area contributed by atoms with Crippen LogP contribution < -0.4 is 0 Å². The van der Waals surface area contributed by atoms with Crippen molar-refractivity contribution in [1.82, 2.24) is 5.06 Å². The van der Waals surface area contributed by atoms with E-state index < -0.39 is 5.97 Å². The number of carbonyl (C=O) groups excluding carboxylic acids is 2. The number of fused-ring (bicyclic) bond motifs is 1. The summed E-state index contributed by atoms with van der Waals surface area (Å²) in [5.41, 5.74) is 0.938. The molecular weight excluding hydrogens is 258 g/mol. The number of methoxy groups -OCH3 is 1. The van der Waals surface area contributed by atoms with Crippen LogP contribution in [0.2, 0.25) is 0 Å². The molecule has 0 atom stereocenters. The van der Waals surface area contributed by atoms with Crippen LogP contribution in [0.15, 0.2) is 36.4 Å². The molecule has 0 fully saturated rings. The minimum absolute atomic E-state index is 0.252. The van der Waals surface area contributed by atoms with Gasteiger partial charge in [-0.1, -0.05) is 12.1 Å². The van der Waals surface area contributed by atoms with E-state index in [9.17, 15) is 9.59 Å². The summed E-state index contributed by atoms with van der Waals surface area (Å²) in [6, 6.07) is 10.5. The van der Waals surface area contributed by atoms with E-state index in [1.165, 1.54) is 21.3 Å². The minimum atomic E-state index is -0.405. The van der Waals surface area contributed by atoms with Crippen LogP contribution in [0.5, 0.6) is 0 Å². The molecule has 0 N–H and O–H groups in total.